The number of carbonyl (C=O) groups excluding carboxylic acids is 1. The zero-order chi connectivity index (χ0) is 47.0. The highest BCUT2D eigenvalue weighted by Gasteiger charge is 2.18. The standard InChI is InChI=1S/C61H119NO3/c1-3-5-7-9-11-13-15-17-19-21-23-25-26-27-28-29-30-31-32-33-34-35-36-37-39-41-43-45-47-49-51-53-55-57-61(65)62-59(58-63)60(64)56-54-52-50-48-46-44-42-40-38-24-22-20-18-16-14-12-10-8-6-4-2/h21,23,54,56,59-60,63-64H,3-20,22,24-53,55,57-58H2,1-2H3,(H,62,65)/b23-21-,56-54+. The summed E-state index contributed by atoms with van der Waals surface area (Å²) in [7, 11) is 0. The summed E-state index contributed by atoms with van der Waals surface area (Å²) in [5.41, 5.74) is 0. The summed E-state index contributed by atoms with van der Waals surface area (Å²) < 4.78 is 0. The number of unbranched alkanes of at least 4 members (excludes halogenated alkanes) is 47. The summed E-state index contributed by atoms with van der Waals surface area (Å²) in [6.07, 6.45) is 76.5. The Bertz CT molecular complexity index is 947. The van der Waals surface area contributed by atoms with E-state index < -0.39 is 12.1 Å². The summed E-state index contributed by atoms with van der Waals surface area (Å²) >= 11 is 0. The van der Waals surface area contributed by atoms with Gasteiger partial charge in [0.2, 0.25) is 5.91 Å². The Hall–Kier alpha value is -1.13. The Morgan fingerprint density at radius 2 is 0.585 bits per heavy atom. The van der Waals surface area contributed by atoms with Gasteiger partial charge >= 0.3 is 0 Å². The molecular formula is C61H119NO3. The summed E-state index contributed by atoms with van der Waals surface area (Å²) in [5.74, 6) is -0.0564. The first-order valence-corrected chi connectivity index (χ1v) is 30.1. The van der Waals surface area contributed by atoms with E-state index in [0.29, 0.717) is 6.42 Å². The second-order valence-electron chi connectivity index (χ2n) is 20.8. The van der Waals surface area contributed by atoms with E-state index in [-0.39, 0.29) is 12.5 Å². The van der Waals surface area contributed by atoms with Crippen molar-refractivity contribution in [2.45, 2.75) is 353 Å². The Balaban J connectivity index is 3.42. The summed E-state index contributed by atoms with van der Waals surface area (Å²) in [5, 5.41) is 23.2. The fourth-order valence-corrected chi connectivity index (χ4v) is 9.59. The lowest BCUT2D eigenvalue weighted by molar-refractivity contribution is -0.123. The van der Waals surface area contributed by atoms with E-state index in [1.807, 2.05) is 6.08 Å². The predicted molar refractivity (Wildman–Crippen MR) is 290 cm³/mol. The van der Waals surface area contributed by atoms with Crippen LogP contribution in [-0.2, 0) is 4.79 Å². The maximum absolute atomic E-state index is 12.5. The lowest BCUT2D eigenvalue weighted by Gasteiger charge is -2.20. The number of hydrogen-bond acceptors (Lipinski definition) is 3. The molecule has 2 atom stereocenters. The van der Waals surface area contributed by atoms with Gasteiger partial charge in [0.15, 0.2) is 0 Å². The molecule has 3 N–H and O–H groups in total. The monoisotopic (exact) mass is 914 g/mol. The van der Waals surface area contributed by atoms with Crippen LogP contribution in [0.15, 0.2) is 24.3 Å². The SMILES string of the molecule is CCCCCCCCCC/C=C\CCCCCCCCCCCCCCCCCCCCCCCC(=O)NC(CO)C(O)/C=C/CCCCCCCCCCCCCCCCCCCC. The lowest BCUT2D eigenvalue weighted by Crippen LogP contribution is -2.45. The van der Waals surface area contributed by atoms with Crippen LogP contribution in [0, 0.1) is 0 Å². The van der Waals surface area contributed by atoms with Gasteiger partial charge in [0.1, 0.15) is 0 Å². The van der Waals surface area contributed by atoms with E-state index in [2.05, 4.69) is 31.3 Å². The van der Waals surface area contributed by atoms with Crippen molar-refractivity contribution in [1.29, 1.82) is 0 Å². The first-order chi connectivity index (χ1) is 32.2. The molecule has 0 aliphatic heterocycles. The molecule has 0 aromatic heterocycles. The second kappa shape index (κ2) is 57.2. The number of rotatable bonds is 56. The molecule has 386 valence electrons. The van der Waals surface area contributed by atoms with Crippen molar-refractivity contribution in [1.82, 2.24) is 5.32 Å². The Labute approximate surface area is 409 Å². The highest BCUT2D eigenvalue weighted by Crippen LogP contribution is 2.18. The fraction of sp³-hybridized carbons (Fsp3) is 0.918. The van der Waals surface area contributed by atoms with Gasteiger partial charge in [0.05, 0.1) is 18.8 Å². The van der Waals surface area contributed by atoms with Gasteiger partial charge in [-0.05, 0) is 44.9 Å². The maximum Gasteiger partial charge on any atom is 0.220 e. The Morgan fingerprint density at radius 1 is 0.354 bits per heavy atom. The van der Waals surface area contributed by atoms with Gasteiger partial charge in [0.25, 0.3) is 0 Å². The topological polar surface area (TPSA) is 69.6 Å². The molecular weight excluding hydrogens is 795 g/mol. The number of allylic oxidation sites excluding steroid dienone is 3. The van der Waals surface area contributed by atoms with Crippen molar-refractivity contribution in [2.24, 2.45) is 0 Å². The van der Waals surface area contributed by atoms with Gasteiger partial charge in [-0.25, -0.2) is 0 Å². The van der Waals surface area contributed by atoms with Crippen LogP contribution in [0.1, 0.15) is 341 Å². The highest BCUT2D eigenvalue weighted by molar-refractivity contribution is 5.76. The van der Waals surface area contributed by atoms with E-state index >= 15 is 0 Å². The smallest absolute Gasteiger partial charge is 0.220 e. The Morgan fingerprint density at radius 3 is 0.846 bits per heavy atom. The number of aliphatic hydroxyl groups excluding tert-OH is 2. The van der Waals surface area contributed by atoms with Crippen molar-refractivity contribution in [2.75, 3.05) is 6.61 Å². The molecule has 0 heterocycles. The van der Waals surface area contributed by atoms with Gasteiger partial charge in [-0.1, -0.05) is 314 Å². The minimum Gasteiger partial charge on any atom is -0.394 e. The van der Waals surface area contributed by atoms with Crippen LogP contribution < -0.4 is 5.32 Å². The average molecular weight is 915 g/mol. The minimum atomic E-state index is -0.837. The van der Waals surface area contributed by atoms with Crippen molar-refractivity contribution in [3.63, 3.8) is 0 Å². The quantitative estimate of drug-likeness (QED) is 0.0421. The first kappa shape index (κ1) is 63.9. The van der Waals surface area contributed by atoms with Gasteiger partial charge in [-0.3, -0.25) is 4.79 Å². The molecule has 0 rings (SSSR count). The normalized spacial score (nSPS) is 12.9. The van der Waals surface area contributed by atoms with Gasteiger partial charge in [0, 0.05) is 6.42 Å². The maximum atomic E-state index is 12.5. The molecule has 4 heteroatoms. The molecule has 0 saturated carbocycles. The predicted octanol–water partition coefficient (Wildman–Crippen LogP) is 19.9. The van der Waals surface area contributed by atoms with Crippen LogP contribution in [0.4, 0.5) is 0 Å². The van der Waals surface area contributed by atoms with Crippen molar-refractivity contribution < 1.29 is 15.0 Å². The molecule has 65 heavy (non-hydrogen) atoms. The van der Waals surface area contributed by atoms with Crippen LogP contribution in [0.25, 0.3) is 0 Å². The Kier molecular flexibility index (Phi) is 56.2. The number of carbonyl (C=O) groups is 1. The molecule has 0 radical (unpaired) electrons. The van der Waals surface area contributed by atoms with E-state index in [9.17, 15) is 15.0 Å². The minimum absolute atomic E-state index is 0.0564. The fourth-order valence-electron chi connectivity index (χ4n) is 9.59. The van der Waals surface area contributed by atoms with E-state index in [4.69, 9.17) is 0 Å². The molecule has 0 fully saturated rings. The van der Waals surface area contributed by atoms with E-state index in [1.54, 1.807) is 6.08 Å². The van der Waals surface area contributed by atoms with Crippen molar-refractivity contribution in [3.8, 4) is 0 Å². The molecule has 0 saturated heterocycles. The highest BCUT2D eigenvalue weighted by atomic mass is 16.3. The number of hydrogen-bond donors (Lipinski definition) is 3. The van der Waals surface area contributed by atoms with Gasteiger partial charge in [-0.15, -0.1) is 0 Å². The zero-order valence-electron chi connectivity index (χ0n) is 44.5. The largest absolute Gasteiger partial charge is 0.394 e. The summed E-state index contributed by atoms with van der Waals surface area (Å²) in [6.45, 7) is 4.35. The molecule has 0 aliphatic rings. The molecule has 1 amide bonds. The summed E-state index contributed by atoms with van der Waals surface area (Å²) in [4.78, 5) is 12.5. The third-order valence-corrected chi connectivity index (χ3v) is 14.2. The average Bonchev–Trinajstić information content (AvgIpc) is 3.31. The summed E-state index contributed by atoms with van der Waals surface area (Å²) in [6, 6.07) is -0.620. The van der Waals surface area contributed by atoms with Crippen LogP contribution in [-0.4, -0.2) is 34.9 Å². The van der Waals surface area contributed by atoms with Crippen molar-refractivity contribution >= 4 is 5.91 Å². The number of aliphatic hydroxyl groups is 2. The van der Waals surface area contributed by atoms with Crippen LogP contribution >= 0.6 is 0 Å². The van der Waals surface area contributed by atoms with E-state index in [1.165, 1.54) is 295 Å². The third kappa shape index (κ3) is 53.7. The van der Waals surface area contributed by atoms with Crippen LogP contribution in [0.3, 0.4) is 0 Å². The molecule has 2 unspecified atom stereocenters. The van der Waals surface area contributed by atoms with Crippen LogP contribution in [0.5, 0.6) is 0 Å². The second-order valence-corrected chi connectivity index (χ2v) is 20.8. The molecule has 0 bridgehead atoms. The van der Waals surface area contributed by atoms with E-state index in [0.717, 1.165) is 25.7 Å². The number of amides is 1. The molecule has 0 aliphatic carbocycles. The molecule has 0 aromatic rings. The van der Waals surface area contributed by atoms with Gasteiger partial charge in [-0.2, -0.15) is 0 Å². The molecule has 0 spiro atoms. The number of nitrogens with one attached hydrogen (secondary N) is 1. The van der Waals surface area contributed by atoms with Gasteiger partial charge < -0.3 is 15.5 Å². The lowest BCUT2D eigenvalue weighted by atomic mass is 10.0. The van der Waals surface area contributed by atoms with Crippen molar-refractivity contribution in [3.05, 3.63) is 24.3 Å². The third-order valence-electron chi connectivity index (χ3n) is 14.2. The molecule has 0 aromatic carbocycles. The zero-order valence-corrected chi connectivity index (χ0v) is 44.5. The molecule has 4 nitrogen and oxygen atoms in total. The first-order valence-electron chi connectivity index (χ1n) is 30.1. The van der Waals surface area contributed by atoms with Crippen LogP contribution in [0.2, 0.25) is 0 Å².